The van der Waals surface area contributed by atoms with Gasteiger partial charge >= 0.3 is 5.97 Å². The Bertz CT molecular complexity index is 486. The van der Waals surface area contributed by atoms with Crippen LogP contribution in [0.1, 0.15) is 35.7 Å². The van der Waals surface area contributed by atoms with Gasteiger partial charge in [0.25, 0.3) is 0 Å². The number of nitrogens with one attached hydrogen (secondary N) is 1. The highest BCUT2D eigenvalue weighted by molar-refractivity contribution is 5.94. The fraction of sp³-hybridized carbons (Fsp3) is 0.467. The SMILES string of the molecule is COC(=O)c1ccc(NC(=O)CCC(C)CN)c(C)c1. The van der Waals surface area contributed by atoms with E-state index in [1.54, 1.807) is 18.2 Å². The lowest BCUT2D eigenvalue weighted by molar-refractivity contribution is -0.116. The summed E-state index contributed by atoms with van der Waals surface area (Å²) in [4.78, 5) is 23.2. The van der Waals surface area contributed by atoms with Crippen LogP contribution in [0.5, 0.6) is 0 Å². The van der Waals surface area contributed by atoms with E-state index in [9.17, 15) is 9.59 Å². The van der Waals surface area contributed by atoms with Crippen molar-refractivity contribution in [3.05, 3.63) is 29.3 Å². The molecule has 110 valence electrons. The Kier molecular flexibility index (Phi) is 6.18. The predicted molar refractivity (Wildman–Crippen MR) is 78.6 cm³/mol. The highest BCUT2D eigenvalue weighted by atomic mass is 16.5. The van der Waals surface area contributed by atoms with E-state index in [2.05, 4.69) is 10.1 Å². The van der Waals surface area contributed by atoms with Crippen LogP contribution in [0.4, 0.5) is 5.69 Å². The van der Waals surface area contributed by atoms with Gasteiger partial charge < -0.3 is 15.8 Å². The van der Waals surface area contributed by atoms with E-state index >= 15 is 0 Å². The smallest absolute Gasteiger partial charge is 0.337 e. The van der Waals surface area contributed by atoms with Crippen LogP contribution >= 0.6 is 0 Å². The number of hydrogen-bond acceptors (Lipinski definition) is 4. The topological polar surface area (TPSA) is 81.4 Å². The van der Waals surface area contributed by atoms with Crippen molar-refractivity contribution in [2.24, 2.45) is 11.7 Å². The van der Waals surface area contributed by atoms with Gasteiger partial charge in [-0.1, -0.05) is 6.92 Å². The van der Waals surface area contributed by atoms with E-state index in [4.69, 9.17) is 5.73 Å². The number of nitrogens with two attached hydrogens (primary N) is 1. The molecule has 0 radical (unpaired) electrons. The molecule has 0 bridgehead atoms. The second-order valence-electron chi connectivity index (χ2n) is 4.95. The lowest BCUT2D eigenvalue weighted by atomic mass is 10.1. The van der Waals surface area contributed by atoms with Crippen molar-refractivity contribution in [3.63, 3.8) is 0 Å². The van der Waals surface area contributed by atoms with Gasteiger partial charge in [0.1, 0.15) is 0 Å². The molecule has 0 aliphatic carbocycles. The van der Waals surface area contributed by atoms with E-state index < -0.39 is 0 Å². The highest BCUT2D eigenvalue weighted by Gasteiger charge is 2.10. The molecule has 1 unspecified atom stereocenters. The first kappa shape index (κ1) is 16.2. The largest absolute Gasteiger partial charge is 0.465 e. The van der Waals surface area contributed by atoms with Crippen molar-refractivity contribution in [2.45, 2.75) is 26.7 Å². The number of benzene rings is 1. The minimum Gasteiger partial charge on any atom is -0.465 e. The molecule has 20 heavy (non-hydrogen) atoms. The molecule has 1 aromatic carbocycles. The maximum absolute atomic E-state index is 11.8. The second kappa shape index (κ2) is 7.65. The maximum atomic E-state index is 11.8. The van der Waals surface area contributed by atoms with E-state index in [1.165, 1.54) is 7.11 Å². The van der Waals surface area contributed by atoms with Crippen molar-refractivity contribution in [3.8, 4) is 0 Å². The predicted octanol–water partition coefficient (Wildman–Crippen LogP) is 2.10. The molecule has 3 N–H and O–H groups in total. The average Bonchev–Trinajstić information content (AvgIpc) is 2.45. The fourth-order valence-corrected chi connectivity index (χ4v) is 1.76. The van der Waals surface area contributed by atoms with Crippen LogP contribution in [-0.2, 0) is 9.53 Å². The van der Waals surface area contributed by atoms with E-state index in [1.807, 2.05) is 13.8 Å². The Morgan fingerprint density at radius 1 is 1.40 bits per heavy atom. The zero-order chi connectivity index (χ0) is 15.1. The van der Waals surface area contributed by atoms with Crippen LogP contribution in [0.3, 0.4) is 0 Å². The Morgan fingerprint density at radius 3 is 2.65 bits per heavy atom. The van der Waals surface area contributed by atoms with Gasteiger partial charge in [0.05, 0.1) is 12.7 Å². The summed E-state index contributed by atoms with van der Waals surface area (Å²) in [6, 6.07) is 5.05. The van der Waals surface area contributed by atoms with E-state index in [-0.39, 0.29) is 11.9 Å². The number of esters is 1. The molecule has 0 spiro atoms. The number of aryl methyl sites for hydroxylation is 1. The standard InChI is InChI=1S/C15H22N2O3/c1-10(9-16)4-7-14(18)17-13-6-5-12(8-11(13)2)15(19)20-3/h5-6,8,10H,4,7,9,16H2,1-3H3,(H,17,18). The van der Waals surface area contributed by atoms with Crippen molar-refractivity contribution >= 4 is 17.6 Å². The molecule has 1 aromatic rings. The number of carbonyl (C=O) groups excluding carboxylic acids is 2. The Balaban J connectivity index is 2.64. The summed E-state index contributed by atoms with van der Waals surface area (Å²) in [6.45, 7) is 4.44. The number of carbonyl (C=O) groups is 2. The number of hydrogen-bond donors (Lipinski definition) is 2. The first-order valence-corrected chi connectivity index (χ1v) is 6.66. The molecule has 0 saturated heterocycles. The first-order chi connectivity index (χ1) is 9.47. The molecule has 0 aliphatic heterocycles. The summed E-state index contributed by atoms with van der Waals surface area (Å²) in [5.41, 5.74) is 7.53. The quantitative estimate of drug-likeness (QED) is 0.781. The third-order valence-corrected chi connectivity index (χ3v) is 3.19. The molecule has 5 nitrogen and oxygen atoms in total. The lowest BCUT2D eigenvalue weighted by Gasteiger charge is -2.11. The minimum atomic E-state index is -0.386. The van der Waals surface area contributed by atoms with Crippen LogP contribution in [0.2, 0.25) is 0 Å². The molecule has 0 fully saturated rings. The first-order valence-electron chi connectivity index (χ1n) is 6.66. The molecule has 1 rings (SSSR count). The van der Waals surface area contributed by atoms with Gasteiger partial charge in [-0.3, -0.25) is 4.79 Å². The molecule has 0 saturated carbocycles. The maximum Gasteiger partial charge on any atom is 0.337 e. The van der Waals surface area contributed by atoms with Crippen LogP contribution < -0.4 is 11.1 Å². The number of rotatable bonds is 6. The summed E-state index contributed by atoms with van der Waals surface area (Å²) in [5, 5.41) is 2.84. The number of ether oxygens (including phenoxy) is 1. The zero-order valence-corrected chi connectivity index (χ0v) is 12.2. The van der Waals surface area contributed by atoms with Gasteiger partial charge in [-0.15, -0.1) is 0 Å². The molecular formula is C15H22N2O3. The van der Waals surface area contributed by atoms with Crippen molar-refractivity contribution < 1.29 is 14.3 Å². The van der Waals surface area contributed by atoms with Crippen LogP contribution in [-0.4, -0.2) is 25.5 Å². The number of amides is 1. The molecule has 0 aliphatic rings. The molecular weight excluding hydrogens is 256 g/mol. The van der Waals surface area contributed by atoms with Gasteiger partial charge in [-0.25, -0.2) is 4.79 Å². The summed E-state index contributed by atoms with van der Waals surface area (Å²) in [7, 11) is 1.34. The van der Waals surface area contributed by atoms with Gasteiger partial charge in [-0.2, -0.15) is 0 Å². The lowest BCUT2D eigenvalue weighted by Crippen LogP contribution is -2.17. The summed E-state index contributed by atoms with van der Waals surface area (Å²) < 4.78 is 4.65. The van der Waals surface area contributed by atoms with Crippen LogP contribution in [0.25, 0.3) is 0 Å². The summed E-state index contributed by atoms with van der Waals surface area (Å²) in [6.07, 6.45) is 1.21. The molecule has 1 atom stereocenters. The van der Waals surface area contributed by atoms with E-state index in [0.717, 1.165) is 12.0 Å². The van der Waals surface area contributed by atoms with Gasteiger partial charge in [0.15, 0.2) is 0 Å². The molecule has 0 aromatic heterocycles. The fourth-order valence-electron chi connectivity index (χ4n) is 1.76. The Hall–Kier alpha value is -1.88. The summed E-state index contributed by atoms with van der Waals surface area (Å²) in [5.74, 6) is -0.0921. The normalized spacial score (nSPS) is 11.8. The van der Waals surface area contributed by atoms with Gasteiger partial charge in [-0.05, 0) is 49.6 Å². The molecule has 5 heteroatoms. The van der Waals surface area contributed by atoms with E-state index in [0.29, 0.717) is 30.1 Å². The third-order valence-electron chi connectivity index (χ3n) is 3.19. The second-order valence-corrected chi connectivity index (χ2v) is 4.95. The monoisotopic (exact) mass is 278 g/mol. The van der Waals surface area contributed by atoms with Crippen LogP contribution in [0, 0.1) is 12.8 Å². The number of anilines is 1. The van der Waals surface area contributed by atoms with Gasteiger partial charge in [0, 0.05) is 12.1 Å². The van der Waals surface area contributed by atoms with Crippen LogP contribution in [0.15, 0.2) is 18.2 Å². The van der Waals surface area contributed by atoms with Crippen molar-refractivity contribution in [1.82, 2.24) is 0 Å². The van der Waals surface area contributed by atoms with Gasteiger partial charge in [0.2, 0.25) is 5.91 Å². The Morgan fingerprint density at radius 2 is 2.10 bits per heavy atom. The number of methoxy groups -OCH3 is 1. The highest BCUT2D eigenvalue weighted by Crippen LogP contribution is 2.18. The Labute approximate surface area is 119 Å². The van der Waals surface area contributed by atoms with Crippen molar-refractivity contribution in [1.29, 1.82) is 0 Å². The molecule has 1 amide bonds. The zero-order valence-electron chi connectivity index (χ0n) is 12.2. The average molecular weight is 278 g/mol. The molecule has 0 heterocycles. The third kappa shape index (κ3) is 4.66. The summed E-state index contributed by atoms with van der Waals surface area (Å²) >= 11 is 0. The van der Waals surface area contributed by atoms with Crippen molar-refractivity contribution in [2.75, 3.05) is 19.0 Å². The minimum absolute atomic E-state index is 0.0424.